The molecule has 1 aliphatic heterocycles. The van der Waals surface area contributed by atoms with E-state index in [9.17, 15) is 9.90 Å². The number of carbonyl (C=O) groups is 1. The van der Waals surface area contributed by atoms with Crippen LogP contribution in [0.3, 0.4) is 0 Å². The fraction of sp³-hybridized carbons (Fsp3) is 0.375. The molecule has 1 N–H and O–H groups in total. The van der Waals surface area contributed by atoms with Crippen molar-refractivity contribution in [2.45, 2.75) is 19.4 Å². The van der Waals surface area contributed by atoms with Crippen LogP contribution in [0.15, 0.2) is 34.9 Å². The molecule has 1 aromatic heterocycles. The molecule has 2 heterocycles. The molecule has 1 aromatic carbocycles. The largest absolute Gasteiger partial charge is 0.391 e. The Morgan fingerprint density at radius 3 is 2.91 bits per heavy atom. The Hall–Kier alpha value is -1.85. The van der Waals surface area contributed by atoms with Gasteiger partial charge in [-0.1, -0.05) is 28.9 Å². The normalized spacial score (nSPS) is 21.3. The third-order valence-corrected chi connectivity index (χ3v) is 4.27. The van der Waals surface area contributed by atoms with E-state index in [1.165, 1.54) is 0 Å². The molecule has 1 fully saturated rings. The van der Waals surface area contributed by atoms with Crippen LogP contribution in [0, 0.1) is 12.8 Å². The summed E-state index contributed by atoms with van der Waals surface area (Å²) in [6.07, 6.45) is -0.00857. The number of aryl methyl sites for hydroxylation is 1. The van der Waals surface area contributed by atoms with Crippen LogP contribution in [-0.4, -0.2) is 40.3 Å². The fourth-order valence-electron chi connectivity index (χ4n) is 2.80. The Morgan fingerprint density at radius 1 is 1.45 bits per heavy atom. The first kappa shape index (κ1) is 15.1. The van der Waals surface area contributed by atoms with Crippen LogP contribution in [0.25, 0.3) is 0 Å². The van der Waals surface area contributed by atoms with Gasteiger partial charge in [0.15, 0.2) is 0 Å². The maximum absolute atomic E-state index is 12.5. The molecule has 0 saturated carbocycles. The number of benzene rings is 1. The minimum Gasteiger partial charge on any atom is -0.391 e. The van der Waals surface area contributed by atoms with Gasteiger partial charge in [0.25, 0.3) is 5.91 Å². The number of hydrogen-bond acceptors (Lipinski definition) is 4. The number of likely N-dealkylation sites (tertiary alicyclic amines) is 1. The maximum atomic E-state index is 12.5. The summed E-state index contributed by atoms with van der Waals surface area (Å²) in [6.45, 7) is 2.64. The van der Waals surface area contributed by atoms with Crippen LogP contribution >= 0.6 is 11.6 Å². The van der Waals surface area contributed by atoms with Crippen molar-refractivity contribution in [1.82, 2.24) is 10.1 Å². The fourth-order valence-corrected chi connectivity index (χ4v) is 3.01. The highest BCUT2D eigenvalue weighted by Crippen LogP contribution is 2.25. The van der Waals surface area contributed by atoms with E-state index in [1.54, 1.807) is 29.2 Å². The van der Waals surface area contributed by atoms with Gasteiger partial charge >= 0.3 is 0 Å². The van der Waals surface area contributed by atoms with Crippen molar-refractivity contribution < 1.29 is 14.4 Å². The van der Waals surface area contributed by atoms with Gasteiger partial charge in [-0.2, -0.15) is 0 Å². The molecule has 1 saturated heterocycles. The molecule has 2 aromatic rings. The number of carbonyl (C=O) groups excluding carboxylic acids is 1. The van der Waals surface area contributed by atoms with Gasteiger partial charge in [-0.05, 0) is 19.1 Å². The highest BCUT2D eigenvalue weighted by molar-refractivity contribution is 6.33. The summed E-state index contributed by atoms with van der Waals surface area (Å²) in [5, 5.41) is 14.5. The number of amides is 1. The molecule has 6 heteroatoms. The summed E-state index contributed by atoms with van der Waals surface area (Å²) in [5.74, 6) is 0.522. The Balaban J connectivity index is 1.70. The maximum Gasteiger partial charge on any atom is 0.255 e. The van der Waals surface area contributed by atoms with E-state index in [1.807, 2.05) is 13.0 Å². The highest BCUT2D eigenvalue weighted by atomic mass is 35.5. The first-order chi connectivity index (χ1) is 10.5. The monoisotopic (exact) mass is 320 g/mol. The van der Waals surface area contributed by atoms with Crippen LogP contribution in [0.4, 0.5) is 0 Å². The van der Waals surface area contributed by atoms with E-state index in [-0.39, 0.29) is 11.8 Å². The Bertz CT molecular complexity index is 686. The van der Waals surface area contributed by atoms with E-state index >= 15 is 0 Å². The molecule has 0 spiro atoms. The van der Waals surface area contributed by atoms with Gasteiger partial charge in [0.2, 0.25) is 0 Å². The van der Waals surface area contributed by atoms with Crippen LogP contribution in [0.5, 0.6) is 0 Å². The van der Waals surface area contributed by atoms with Gasteiger partial charge in [0.1, 0.15) is 5.76 Å². The molecule has 2 unspecified atom stereocenters. The van der Waals surface area contributed by atoms with Crippen LogP contribution in [0.1, 0.15) is 21.8 Å². The summed E-state index contributed by atoms with van der Waals surface area (Å²) >= 11 is 6.07. The number of aliphatic hydroxyl groups is 1. The van der Waals surface area contributed by atoms with Crippen molar-refractivity contribution in [3.05, 3.63) is 52.4 Å². The van der Waals surface area contributed by atoms with Gasteiger partial charge in [0.05, 0.1) is 22.4 Å². The molecule has 0 aliphatic carbocycles. The summed E-state index contributed by atoms with van der Waals surface area (Å²) in [6, 6.07) is 8.80. The zero-order valence-electron chi connectivity index (χ0n) is 12.2. The smallest absolute Gasteiger partial charge is 0.255 e. The Kier molecular flexibility index (Phi) is 4.18. The van der Waals surface area contributed by atoms with Crippen LogP contribution in [-0.2, 0) is 6.42 Å². The zero-order chi connectivity index (χ0) is 15.7. The summed E-state index contributed by atoms with van der Waals surface area (Å²) in [4.78, 5) is 14.1. The Morgan fingerprint density at radius 2 is 2.23 bits per heavy atom. The van der Waals surface area contributed by atoms with E-state index in [0.29, 0.717) is 30.1 Å². The minimum atomic E-state index is -0.572. The van der Waals surface area contributed by atoms with Gasteiger partial charge in [-0.25, -0.2) is 0 Å². The molecule has 1 aliphatic rings. The predicted molar refractivity (Wildman–Crippen MR) is 81.8 cm³/mol. The second-order valence-electron chi connectivity index (χ2n) is 5.66. The van der Waals surface area contributed by atoms with Crippen molar-refractivity contribution in [3.8, 4) is 0 Å². The van der Waals surface area contributed by atoms with Crippen molar-refractivity contribution in [2.24, 2.45) is 5.92 Å². The highest BCUT2D eigenvalue weighted by Gasteiger charge is 2.35. The number of halogens is 1. The lowest BCUT2D eigenvalue weighted by atomic mass is 10.0. The summed E-state index contributed by atoms with van der Waals surface area (Å²) in [7, 11) is 0. The number of hydrogen-bond donors (Lipinski definition) is 1. The SMILES string of the molecule is Cc1cc(CC2CN(C(=O)c3ccccc3Cl)CC2O)on1. The van der Waals surface area contributed by atoms with Crippen molar-refractivity contribution in [3.63, 3.8) is 0 Å². The van der Waals surface area contributed by atoms with Crippen LogP contribution < -0.4 is 0 Å². The molecule has 5 nitrogen and oxygen atoms in total. The quantitative estimate of drug-likeness (QED) is 0.942. The number of aliphatic hydroxyl groups excluding tert-OH is 1. The van der Waals surface area contributed by atoms with E-state index in [4.69, 9.17) is 16.1 Å². The topological polar surface area (TPSA) is 66.6 Å². The summed E-state index contributed by atoms with van der Waals surface area (Å²) < 4.78 is 5.19. The third kappa shape index (κ3) is 3.00. The van der Waals surface area contributed by atoms with Crippen LogP contribution in [0.2, 0.25) is 5.02 Å². The molecule has 0 bridgehead atoms. The third-order valence-electron chi connectivity index (χ3n) is 3.94. The zero-order valence-corrected chi connectivity index (χ0v) is 13.0. The number of aromatic nitrogens is 1. The number of β-amino-alcohol motifs (C(OH)–C–C–N with tert-alkyl or cyclic N) is 1. The molecular formula is C16H17ClN2O3. The molecule has 2 atom stereocenters. The van der Waals surface area contributed by atoms with Crippen molar-refractivity contribution >= 4 is 17.5 Å². The average Bonchev–Trinajstić information content (AvgIpc) is 3.06. The molecule has 3 rings (SSSR count). The first-order valence-electron chi connectivity index (χ1n) is 7.18. The average molecular weight is 321 g/mol. The second kappa shape index (κ2) is 6.10. The molecule has 22 heavy (non-hydrogen) atoms. The number of rotatable bonds is 3. The Labute approximate surface area is 133 Å². The second-order valence-corrected chi connectivity index (χ2v) is 6.06. The molecule has 116 valence electrons. The molecular weight excluding hydrogens is 304 g/mol. The molecule has 1 amide bonds. The van der Waals surface area contributed by atoms with Gasteiger partial charge in [-0.3, -0.25) is 4.79 Å². The van der Waals surface area contributed by atoms with E-state index in [0.717, 1.165) is 11.5 Å². The number of nitrogens with zero attached hydrogens (tertiary/aromatic N) is 2. The minimum absolute atomic E-state index is 0.0567. The lowest BCUT2D eigenvalue weighted by Gasteiger charge is -2.16. The van der Waals surface area contributed by atoms with Crippen molar-refractivity contribution in [1.29, 1.82) is 0 Å². The lowest BCUT2D eigenvalue weighted by molar-refractivity contribution is 0.0765. The molecule has 0 radical (unpaired) electrons. The lowest BCUT2D eigenvalue weighted by Crippen LogP contribution is -2.29. The van der Waals surface area contributed by atoms with E-state index < -0.39 is 6.10 Å². The van der Waals surface area contributed by atoms with Gasteiger partial charge in [0, 0.05) is 31.5 Å². The van der Waals surface area contributed by atoms with E-state index in [2.05, 4.69) is 5.16 Å². The standard InChI is InChI=1S/C16H17ClN2O3/c1-10-6-12(22-18-10)7-11-8-19(9-15(11)20)16(21)13-4-2-3-5-14(13)17/h2-6,11,15,20H,7-9H2,1H3. The van der Waals surface area contributed by atoms with Gasteiger partial charge in [-0.15, -0.1) is 0 Å². The van der Waals surface area contributed by atoms with Gasteiger partial charge < -0.3 is 14.5 Å². The first-order valence-corrected chi connectivity index (χ1v) is 7.56. The van der Waals surface area contributed by atoms with Crippen molar-refractivity contribution in [2.75, 3.05) is 13.1 Å². The summed E-state index contributed by atoms with van der Waals surface area (Å²) in [5.41, 5.74) is 1.28. The predicted octanol–water partition coefficient (Wildman–Crippen LogP) is 2.31.